The van der Waals surface area contributed by atoms with E-state index in [2.05, 4.69) is 30.9 Å². The zero-order valence-electron chi connectivity index (χ0n) is 13.8. The van der Waals surface area contributed by atoms with Crippen molar-refractivity contribution in [3.05, 3.63) is 45.6 Å². The SMILES string of the molecule is COc1ccc(N2CCN(C(=O)c3cc(C)c(C)s3)CC2)cc1. The van der Waals surface area contributed by atoms with Gasteiger partial charge in [-0.1, -0.05) is 0 Å². The lowest BCUT2D eigenvalue weighted by molar-refractivity contribution is 0.0751. The van der Waals surface area contributed by atoms with Crippen LogP contribution in [0.1, 0.15) is 20.1 Å². The second-order valence-electron chi connectivity index (χ2n) is 5.83. The average molecular weight is 330 g/mol. The van der Waals surface area contributed by atoms with Crippen molar-refractivity contribution < 1.29 is 9.53 Å². The maximum absolute atomic E-state index is 12.6. The monoisotopic (exact) mass is 330 g/mol. The van der Waals surface area contributed by atoms with Crippen molar-refractivity contribution in [2.75, 3.05) is 38.2 Å². The highest BCUT2D eigenvalue weighted by molar-refractivity contribution is 7.14. The lowest BCUT2D eigenvalue weighted by Gasteiger charge is -2.36. The standard InChI is InChI=1S/C18H22N2O2S/c1-13-12-17(23-14(13)2)18(21)20-10-8-19(9-11-20)15-4-6-16(22-3)7-5-15/h4-7,12H,8-11H2,1-3H3. The molecule has 1 fully saturated rings. The summed E-state index contributed by atoms with van der Waals surface area (Å²) in [6, 6.07) is 10.1. The fourth-order valence-electron chi connectivity index (χ4n) is 2.80. The van der Waals surface area contributed by atoms with Gasteiger partial charge in [-0.15, -0.1) is 11.3 Å². The van der Waals surface area contributed by atoms with Gasteiger partial charge in [-0.3, -0.25) is 4.79 Å². The number of methoxy groups -OCH3 is 1. The molecule has 3 rings (SSSR count). The molecule has 0 atom stereocenters. The van der Waals surface area contributed by atoms with Crippen molar-refractivity contribution in [1.82, 2.24) is 4.90 Å². The molecule has 0 unspecified atom stereocenters. The zero-order valence-corrected chi connectivity index (χ0v) is 14.7. The van der Waals surface area contributed by atoms with Crippen molar-refractivity contribution >= 4 is 22.9 Å². The Bertz CT molecular complexity index is 666. The van der Waals surface area contributed by atoms with Crippen molar-refractivity contribution in [1.29, 1.82) is 0 Å². The Morgan fingerprint density at radius 3 is 2.26 bits per heavy atom. The molecule has 1 aromatic carbocycles. The second kappa shape index (κ2) is 6.62. The van der Waals surface area contributed by atoms with E-state index >= 15 is 0 Å². The summed E-state index contributed by atoms with van der Waals surface area (Å²) in [6.45, 7) is 7.38. The normalized spacial score (nSPS) is 14.9. The van der Waals surface area contributed by atoms with Gasteiger partial charge in [0.2, 0.25) is 0 Å². The fraction of sp³-hybridized carbons (Fsp3) is 0.389. The predicted octanol–water partition coefficient (Wildman–Crippen LogP) is 3.34. The Kier molecular flexibility index (Phi) is 4.57. The van der Waals surface area contributed by atoms with Crippen molar-refractivity contribution in [3.63, 3.8) is 0 Å². The molecule has 2 aromatic rings. The van der Waals surface area contributed by atoms with Gasteiger partial charge in [0, 0.05) is 36.7 Å². The third-order valence-electron chi connectivity index (χ3n) is 4.38. The Morgan fingerprint density at radius 2 is 1.74 bits per heavy atom. The summed E-state index contributed by atoms with van der Waals surface area (Å²) in [5, 5.41) is 0. The molecule has 1 saturated heterocycles. The molecule has 0 spiro atoms. The van der Waals surface area contributed by atoms with Crippen molar-refractivity contribution in [2.45, 2.75) is 13.8 Å². The van der Waals surface area contributed by atoms with Gasteiger partial charge in [-0.25, -0.2) is 0 Å². The number of carbonyl (C=O) groups is 1. The second-order valence-corrected chi connectivity index (χ2v) is 7.08. The molecule has 0 saturated carbocycles. The lowest BCUT2D eigenvalue weighted by atomic mass is 10.2. The third kappa shape index (κ3) is 3.34. The van der Waals surface area contributed by atoms with Gasteiger partial charge in [-0.05, 0) is 49.7 Å². The van der Waals surface area contributed by atoms with Gasteiger partial charge >= 0.3 is 0 Å². The van der Waals surface area contributed by atoms with Crippen LogP contribution in [0, 0.1) is 13.8 Å². The van der Waals surface area contributed by atoms with Crippen LogP contribution in [-0.4, -0.2) is 44.1 Å². The van der Waals surface area contributed by atoms with Crippen LogP contribution in [-0.2, 0) is 0 Å². The van der Waals surface area contributed by atoms with E-state index in [1.54, 1.807) is 18.4 Å². The molecule has 5 heteroatoms. The Balaban J connectivity index is 1.62. The number of aryl methyl sites for hydroxylation is 2. The van der Waals surface area contributed by atoms with Crippen LogP contribution in [0.5, 0.6) is 5.75 Å². The summed E-state index contributed by atoms with van der Waals surface area (Å²) in [5.41, 5.74) is 2.39. The number of benzene rings is 1. The third-order valence-corrected chi connectivity index (χ3v) is 5.52. The van der Waals surface area contributed by atoms with Crippen LogP contribution in [0.2, 0.25) is 0 Å². The van der Waals surface area contributed by atoms with Crippen molar-refractivity contribution in [2.24, 2.45) is 0 Å². The molecule has 1 aromatic heterocycles. The number of thiophene rings is 1. The zero-order chi connectivity index (χ0) is 16.4. The quantitative estimate of drug-likeness (QED) is 0.865. The topological polar surface area (TPSA) is 32.8 Å². The van der Waals surface area contributed by atoms with Crippen LogP contribution in [0.3, 0.4) is 0 Å². The highest BCUT2D eigenvalue weighted by Gasteiger charge is 2.23. The number of piperazine rings is 1. The minimum absolute atomic E-state index is 0.167. The predicted molar refractivity (Wildman–Crippen MR) is 94.9 cm³/mol. The first-order valence-electron chi connectivity index (χ1n) is 7.84. The van der Waals surface area contributed by atoms with E-state index < -0.39 is 0 Å². The number of hydrogen-bond acceptors (Lipinski definition) is 4. The van der Waals surface area contributed by atoms with Crippen LogP contribution < -0.4 is 9.64 Å². The molecular weight excluding hydrogens is 308 g/mol. The number of amides is 1. The van der Waals surface area contributed by atoms with E-state index in [-0.39, 0.29) is 5.91 Å². The van der Waals surface area contributed by atoms with Gasteiger partial charge in [0.25, 0.3) is 5.91 Å². The number of carbonyl (C=O) groups excluding carboxylic acids is 1. The molecule has 2 heterocycles. The molecule has 0 N–H and O–H groups in total. The van der Waals surface area contributed by atoms with Gasteiger partial charge in [0.15, 0.2) is 0 Å². The molecule has 1 aliphatic heterocycles. The summed E-state index contributed by atoms with van der Waals surface area (Å²) < 4.78 is 5.20. The van der Waals surface area contributed by atoms with E-state index in [1.807, 2.05) is 23.1 Å². The van der Waals surface area contributed by atoms with Gasteiger partial charge in [-0.2, -0.15) is 0 Å². The van der Waals surface area contributed by atoms with Gasteiger partial charge < -0.3 is 14.5 Å². The first-order chi connectivity index (χ1) is 11.1. The maximum Gasteiger partial charge on any atom is 0.264 e. The lowest BCUT2D eigenvalue weighted by Crippen LogP contribution is -2.48. The summed E-state index contributed by atoms with van der Waals surface area (Å²) in [6.07, 6.45) is 0. The van der Waals surface area contributed by atoms with Gasteiger partial charge in [0.1, 0.15) is 5.75 Å². The summed E-state index contributed by atoms with van der Waals surface area (Å²) >= 11 is 1.60. The number of anilines is 1. The van der Waals surface area contributed by atoms with Gasteiger partial charge in [0.05, 0.1) is 12.0 Å². The Morgan fingerprint density at radius 1 is 1.09 bits per heavy atom. The smallest absolute Gasteiger partial charge is 0.264 e. The van der Waals surface area contributed by atoms with E-state index in [1.165, 1.54) is 16.1 Å². The summed E-state index contributed by atoms with van der Waals surface area (Å²) in [4.78, 5) is 19.0. The number of ether oxygens (including phenoxy) is 1. The highest BCUT2D eigenvalue weighted by atomic mass is 32.1. The van der Waals surface area contributed by atoms with Crippen LogP contribution in [0.25, 0.3) is 0 Å². The first-order valence-corrected chi connectivity index (χ1v) is 8.65. The summed E-state index contributed by atoms with van der Waals surface area (Å²) in [5.74, 6) is 1.03. The largest absolute Gasteiger partial charge is 0.497 e. The first kappa shape index (κ1) is 15.9. The minimum atomic E-state index is 0.167. The van der Waals surface area contributed by atoms with E-state index in [4.69, 9.17) is 4.74 Å². The molecule has 1 aliphatic rings. The molecule has 1 amide bonds. The van der Waals surface area contributed by atoms with Crippen LogP contribution >= 0.6 is 11.3 Å². The summed E-state index contributed by atoms with van der Waals surface area (Å²) in [7, 11) is 1.67. The molecule has 0 radical (unpaired) electrons. The van der Waals surface area contributed by atoms with Crippen LogP contribution in [0.15, 0.2) is 30.3 Å². The minimum Gasteiger partial charge on any atom is -0.497 e. The van der Waals surface area contributed by atoms with Crippen LogP contribution in [0.4, 0.5) is 5.69 Å². The number of nitrogens with zero attached hydrogens (tertiary/aromatic N) is 2. The molecular formula is C18H22N2O2S. The molecule has 0 bridgehead atoms. The average Bonchev–Trinajstić information content (AvgIpc) is 2.93. The van der Waals surface area contributed by atoms with E-state index in [0.717, 1.165) is 36.8 Å². The highest BCUT2D eigenvalue weighted by Crippen LogP contribution is 2.24. The molecule has 23 heavy (non-hydrogen) atoms. The number of rotatable bonds is 3. The Labute approximate surface area is 141 Å². The van der Waals surface area contributed by atoms with Crippen molar-refractivity contribution in [3.8, 4) is 5.75 Å². The Hall–Kier alpha value is -2.01. The fourth-order valence-corrected chi connectivity index (χ4v) is 3.80. The number of hydrogen-bond donors (Lipinski definition) is 0. The van der Waals surface area contributed by atoms with E-state index in [9.17, 15) is 4.79 Å². The molecule has 4 nitrogen and oxygen atoms in total. The molecule has 122 valence electrons. The van der Waals surface area contributed by atoms with E-state index in [0.29, 0.717) is 0 Å². The molecule has 0 aliphatic carbocycles. The maximum atomic E-state index is 12.6.